The molecule has 0 aromatic heterocycles. The van der Waals surface area contributed by atoms with Gasteiger partial charge in [0.2, 0.25) is 0 Å². The Morgan fingerprint density at radius 1 is 1.53 bits per heavy atom. The molecule has 0 aliphatic rings. The molecule has 1 aromatic rings. The number of hydrogen-bond donors (Lipinski definition) is 1. The fourth-order valence-corrected chi connectivity index (χ4v) is 1.12. The van der Waals surface area contributed by atoms with Crippen LogP contribution in [0, 0.1) is 11.8 Å². The molecule has 78 valence electrons. The summed E-state index contributed by atoms with van der Waals surface area (Å²) in [6, 6.07) is 5.14. The Hall–Kier alpha value is -1.79. The maximum absolute atomic E-state index is 10.7. The van der Waals surface area contributed by atoms with Crippen molar-refractivity contribution in [1.82, 2.24) is 0 Å². The minimum atomic E-state index is 0.0453. The van der Waals surface area contributed by atoms with Gasteiger partial charge in [-0.25, -0.2) is 0 Å². The van der Waals surface area contributed by atoms with Crippen LogP contribution in [0.1, 0.15) is 22.3 Å². The lowest BCUT2D eigenvalue weighted by Crippen LogP contribution is -1.91. The highest BCUT2D eigenvalue weighted by Gasteiger charge is 2.01. The Morgan fingerprint density at radius 2 is 2.33 bits per heavy atom. The predicted octanol–water partition coefficient (Wildman–Crippen LogP) is 1.24. The number of carbonyl (C=O) groups excluding carboxylic acids is 1. The fourth-order valence-electron chi connectivity index (χ4n) is 1.12. The number of carbonyl (C=O) groups is 1. The molecule has 0 heterocycles. The van der Waals surface area contributed by atoms with Crippen LogP contribution in [0.15, 0.2) is 18.2 Å². The van der Waals surface area contributed by atoms with Crippen LogP contribution in [0.3, 0.4) is 0 Å². The molecule has 0 radical (unpaired) electrons. The molecule has 1 N–H and O–H groups in total. The molecule has 1 rings (SSSR count). The average molecular weight is 204 g/mol. The zero-order valence-corrected chi connectivity index (χ0v) is 8.49. The van der Waals surface area contributed by atoms with E-state index < -0.39 is 0 Å². The lowest BCUT2D eigenvalue weighted by Gasteiger charge is -2.02. The van der Waals surface area contributed by atoms with Gasteiger partial charge in [-0.2, -0.15) is 0 Å². The van der Waals surface area contributed by atoms with Crippen molar-refractivity contribution in [3.05, 3.63) is 29.3 Å². The third kappa shape index (κ3) is 3.12. The van der Waals surface area contributed by atoms with Crippen molar-refractivity contribution in [1.29, 1.82) is 0 Å². The van der Waals surface area contributed by atoms with Crippen molar-refractivity contribution in [2.45, 2.75) is 6.42 Å². The fraction of sp³-hybridized carbons (Fsp3) is 0.250. The van der Waals surface area contributed by atoms with Crippen molar-refractivity contribution in [3.8, 4) is 17.6 Å². The first-order chi connectivity index (χ1) is 7.31. The summed E-state index contributed by atoms with van der Waals surface area (Å²) >= 11 is 0. The second kappa shape index (κ2) is 5.84. The average Bonchev–Trinajstić information content (AvgIpc) is 2.29. The summed E-state index contributed by atoms with van der Waals surface area (Å²) in [6.45, 7) is 0.0453. The van der Waals surface area contributed by atoms with Crippen LogP contribution in [0.25, 0.3) is 0 Å². The SMILES string of the molecule is COc1ccc(C#CCCO)cc1C=O. The first kappa shape index (κ1) is 11.3. The molecule has 0 bridgehead atoms. The van der Waals surface area contributed by atoms with E-state index >= 15 is 0 Å². The molecule has 0 unspecified atom stereocenters. The van der Waals surface area contributed by atoms with Crippen molar-refractivity contribution >= 4 is 6.29 Å². The Balaban J connectivity index is 2.94. The quantitative estimate of drug-likeness (QED) is 0.595. The number of rotatable bonds is 3. The third-order valence-electron chi connectivity index (χ3n) is 1.83. The molecule has 15 heavy (non-hydrogen) atoms. The van der Waals surface area contributed by atoms with E-state index in [9.17, 15) is 4.79 Å². The molecule has 3 nitrogen and oxygen atoms in total. The highest BCUT2D eigenvalue weighted by Crippen LogP contribution is 2.17. The normalized spacial score (nSPS) is 8.93. The number of ether oxygens (including phenoxy) is 1. The first-order valence-electron chi connectivity index (χ1n) is 4.54. The van der Waals surface area contributed by atoms with Gasteiger partial charge < -0.3 is 9.84 Å². The summed E-state index contributed by atoms with van der Waals surface area (Å²) in [6.07, 6.45) is 1.17. The van der Waals surface area contributed by atoms with E-state index in [0.29, 0.717) is 17.7 Å². The monoisotopic (exact) mass is 204 g/mol. The lowest BCUT2D eigenvalue weighted by atomic mass is 10.1. The molecule has 0 atom stereocenters. The van der Waals surface area contributed by atoms with Gasteiger partial charge in [0.25, 0.3) is 0 Å². The van der Waals surface area contributed by atoms with Crippen LogP contribution in [-0.2, 0) is 0 Å². The molecule has 0 spiro atoms. The van der Waals surface area contributed by atoms with Gasteiger partial charge in [-0.05, 0) is 18.2 Å². The number of aliphatic hydroxyl groups is 1. The zero-order chi connectivity index (χ0) is 11.1. The minimum Gasteiger partial charge on any atom is -0.496 e. The van der Waals surface area contributed by atoms with E-state index in [2.05, 4.69) is 11.8 Å². The Bertz CT molecular complexity index is 399. The van der Waals surface area contributed by atoms with E-state index in [1.807, 2.05) is 0 Å². The Kier molecular flexibility index (Phi) is 4.39. The van der Waals surface area contributed by atoms with Gasteiger partial charge in [0.15, 0.2) is 6.29 Å². The van der Waals surface area contributed by atoms with Crippen molar-refractivity contribution in [2.75, 3.05) is 13.7 Å². The van der Waals surface area contributed by atoms with Crippen LogP contribution in [0.5, 0.6) is 5.75 Å². The van der Waals surface area contributed by atoms with E-state index in [0.717, 1.165) is 11.8 Å². The van der Waals surface area contributed by atoms with Crippen LogP contribution >= 0.6 is 0 Å². The Morgan fingerprint density at radius 3 is 2.93 bits per heavy atom. The highest BCUT2D eigenvalue weighted by atomic mass is 16.5. The van der Waals surface area contributed by atoms with Crippen LogP contribution in [0.2, 0.25) is 0 Å². The number of hydrogen-bond acceptors (Lipinski definition) is 3. The van der Waals surface area contributed by atoms with Gasteiger partial charge in [-0.1, -0.05) is 11.8 Å². The van der Waals surface area contributed by atoms with Crippen molar-refractivity contribution < 1.29 is 14.6 Å². The second-order valence-corrected chi connectivity index (χ2v) is 2.85. The number of benzene rings is 1. The summed E-state index contributed by atoms with van der Waals surface area (Å²) in [7, 11) is 1.51. The predicted molar refractivity (Wildman–Crippen MR) is 57.0 cm³/mol. The smallest absolute Gasteiger partial charge is 0.153 e. The maximum Gasteiger partial charge on any atom is 0.153 e. The topological polar surface area (TPSA) is 46.5 Å². The number of methoxy groups -OCH3 is 1. The molecule has 0 saturated carbocycles. The molecule has 3 heteroatoms. The van der Waals surface area contributed by atoms with E-state index in [1.165, 1.54) is 7.11 Å². The number of aldehydes is 1. The zero-order valence-electron chi connectivity index (χ0n) is 8.49. The maximum atomic E-state index is 10.7. The summed E-state index contributed by atoms with van der Waals surface area (Å²) in [4.78, 5) is 10.7. The standard InChI is InChI=1S/C12H12O3/c1-15-12-6-5-10(4-2-3-7-13)8-11(12)9-14/h5-6,8-9,13H,3,7H2,1H3. The van der Waals surface area contributed by atoms with Crippen LogP contribution < -0.4 is 4.74 Å². The Labute approximate surface area is 88.7 Å². The second-order valence-electron chi connectivity index (χ2n) is 2.85. The summed E-state index contributed by atoms with van der Waals surface area (Å²) in [5, 5.41) is 8.55. The van der Waals surface area contributed by atoms with Gasteiger partial charge >= 0.3 is 0 Å². The lowest BCUT2D eigenvalue weighted by molar-refractivity contribution is 0.112. The molecule has 0 saturated heterocycles. The first-order valence-corrected chi connectivity index (χ1v) is 4.54. The van der Waals surface area contributed by atoms with Gasteiger partial charge in [0, 0.05) is 12.0 Å². The van der Waals surface area contributed by atoms with Crippen molar-refractivity contribution in [2.24, 2.45) is 0 Å². The summed E-state index contributed by atoms with van der Waals surface area (Å²) in [5.41, 5.74) is 1.22. The molecule has 0 aliphatic heterocycles. The molecule has 1 aromatic carbocycles. The molecule has 0 fully saturated rings. The van der Waals surface area contributed by atoms with Crippen LogP contribution in [0.4, 0.5) is 0 Å². The molecule has 0 amide bonds. The molecular formula is C12H12O3. The molecular weight excluding hydrogens is 192 g/mol. The largest absolute Gasteiger partial charge is 0.496 e. The summed E-state index contributed by atoms with van der Waals surface area (Å²) < 4.78 is 5.00. The number of aliphatic hydroxyl groups excluding tert-OH is 1. The third-order valence-corrected chi connectivity index (χ3v) is 1.83. The highest BCUT2D eigenvalue weighted by molar-refractivity contribution is 5.80. The van der Waals surface area contributed by atoms with E-state index in [4.69, 9.17) is 9.84 Å². The van der Waals surface area contributed by atoms with Crippen molar-refractivity contribution in [3.63, 3.8) is 0 Å². The van der Waals surface area contributed by atoms with Gasteiger partial charge in [0.1, 0.15) is 5.75 Å². The van der Waals surface area contributed by atoms with E-state index in [1.54, 1.807) is 18.2 Å². The minimum absolute atomic E-state index is 0.0453. The van der Waals surface area contributed by atoms with Gasteiger partial charge in [0.05, 0.1) is 19.3 Å². The van der Waals surface area contributed by atoms with Gasteiger partial charge in [-0.15, -0.1) is 0 Å². The van der Waals surface area contributed by atoms with Crippen LogP contribution in [-0.4, -0.2) is 25.1 Å². The summed E-state index contributed by atoms with van der Waals surface area (Å²) in [5.74, 6) is 6.17. The van der Waals surface area contributed by atoms with E-state index in [-0.39, 0.29) is 6.61 Å². The van der Waals surface area contributed by atoms with Gasteiger partial charge in [-0.3, -0.25) is 4.79 Å². The molecule has 0 aliphatic carbocycles.